The number of morpholine rings is 1. The van der Waals surface area contributed by atoms with Crippen molar-refractivity contribution in [2.75, 3.05) is 38.3 Å². The number of carbonyl (C=O) groups is 2. The van der Waals surface area contributed by atoms with Crippen LogP contribution in [-0.2, 0) is 25.5 Å². The van der Waals surface area contributed by atoms with Crippen molar-refractivity contribution in [1.29, 1.82) is 0 Å². The molecule has 1 atom stereocenters. The number of aromatic nitrogens is 2. The second kappa shape index (κ2) is 10.5. The van der Waals surface area contributed by atoms with Gasteiger partial charge in [0, 0.05) is 35.2 Å². The van der Waals surface area contributed by atoms with Crippen molar-refractivity contribution in [3.05, 3.63) is 55.9 Å². The molecular weight excluding hydrogens is 468 g/mol. The van der Waals surface area contributed by atoms with Gasteiger partial charge in [-0.25, -0.2) is 9.78 Å². The molecule has 1 aromatic carbocycles. The molecule has 1 fully saturated rings. The van der Waals surface area contributed by atoms with Crippen molar-refractivity contribution < 1.29 is 19.1 Å². The molecule has 1 aromatic heterocycles. The molecule has 1 aliphatic rings. The Balaban J connectivity index is 1.67. The molecule has 31 heavy (non-hydrogen) atoms. The van der Waals surface area contributed by atoms with E-state index in [4.69, 9.17) is 9.47 Å². The summed E-state index contributed by atoms with van der Waals surface area (Å²) in [5.74, 6) is -0.421. The van der Waals surface area contributed by atoms with Crippen molar-refractivity contribution in [1.82, 2.24) is 15.3 Å². The number of nitrogens with one attached hydrogen (secondary N) is 2. The van der Waals surface area contributed by atoms with Crippen molar-refractivity contribution in [3.8, 4) is 0 Å². The number of anilines is 1. The van der Waals surface area contributed by atoms with Crippen molar-refractivity contribution in [3.63, 3.8) is 0 Å². The maximum Gasteiger partial charge on any atom is 0.333 e. The zero-order valence-corrected chi connectivity index (χ0v) is 19.0. The number of esters is 1. The van der Waals surface area contributed by atoms with E-state index in [1.54, 1.807) is 31.2 Å². The van der Waals surface area contributed by atoms with Gasteiger partial charge in [-0.3, -0.25) is 14.6 Å². The molecule has 166 valence electrons. The van der Waals surface area contributed by atoms with Crippen LogP contribution in [0.15, 0.2) is 33.5 Å². The third-order valence-corrected chi connectivity index (χ3v) is 5.60. The minimum Gasteiger partial charge on any atom is -0.467 e. The van der Waals surface area contributed by atoms with E-state index < -0.39 is 12.0 Å². The number of halogens is 1. The number of benzene rings is 1. The Hall–Kier alpha value is -2.72. The van der Waals surface area contributed by atoms with E-state index in [-0.39, 0.29) is 24.3 Å². The average Bonchev–Trinajstić information content (AvgIpc) is 2.77. The lowest BCUT2D eigenvalue weighted by Gasteiger charge is -2.27. The van der Waals surface area contributed by atoms with Crippen LogP contribution in [0.2, 0.25) is 0 Å². The lowest BCUT2D eigenvalue weighted by Crippen LogP contribution is -2.39. The van der Waals surface area contributed by atoms with E-state index in [9.17, 15) is 14.4 Å². The van der Waals surface area contributed by atoms with E-state index >= 15 is 0 Å². The predicted octanol–water partition coefficient (Wildman–Crippen LogP) is 1.64. The smallest absolute Gasteiger partial charge is 0.333 e. The van der Waals surface area contributed by atoms with E-state index in [1.807, 2.05) is 4.90 Å². The zero-order valence-electron chi connectivity index (χ0n) is 17.4. The van der Waals surface area contributed by atoms with Gasteiger partial charge in [0.05, 0.1) is 20.3 Å². The first-order chi connectivity index (χ1) is 14.9. The molecule has 2 heterocycles. The van der Waals surface area contributed by atoms with Gasteiger partial charge in [-0.05, 0) is 31.0 Å². The number of H-pyrrole nitrogens is 1. The van der Waals surface area contributed by atoms with Crippen LogP contribution in [0.3, 0.4) is 0 Å². The summed E-state index contributed by atoms with van der Waals surface area (Å²) in [7, 11) is 1.27. The summed E-state index contributed by atoms with van der Waals surface area (Å²) in [6.07, 6.45) is 0.240. The quantitative estimate of drug-likeness (QED) is 0.564. The number of methoxy groups -OCH3 is 1. The van der Waals surface area contributed by atoms with Crippen LogP contribution >= 0.6 is 15.9 Å². The monoisotopic (exact) mass is 492 g/mol. The number of aromatic amines is 1. The molecule has 0 bridgehead atoms. The topological polar surface area (TPSA) is 114 Å². The summed E-state index contributed by atoms with van der Waals surface area (Å²) in [6.45, 7) is 4.25. The summed E-state index contributed by atoms with van der Waals surface area (Å²) in [5, 5.41) is 2.69. The number of aryl methyl sites for hydroxylation is 1. The number of amides is 1. The van der Waals surface area contributed by atoms with Crippen LogP contribution in [-0.4, -0.2) is 55.3 Å². The minimum atomic E-state index is -0.924. The van der Waals surface area contributed by atoms with Crippen LogP contribution in [0, 0.1) is 6.92 Å². The Morgan fingerprint density at radius 2 is 1.97 bits per heavy atom. The third-order valence-electron chi connectivity index (χ3n) is 5.07. The summed E-state index contributed by atoms with van der Waals surface area (Å²) in [6, 6.07) is 6.10. The third kappa shape index (κ3) is 5.92. The minimum absolute atomic E-state index is 0.0342. The Kier molecular flexibility index (Phi) is 7.80. The Morgan fingerprint density at radius 1 is 1.29 bits per heavy atom. The molecule has 0 spiro atoms. The molecule has 3 rings (SSSR count). The van der Waals surface area contributed by atoms with Crippen LogP contribution < -0.4 is 15.8 Å². The fraction of sp³-hybridized carbons (Fsp3) is 0.429. The van der Waals surface area contributed by atoms with Crippen molar-refractivity contribution in [2.45, 2.75) is 25.8 Å². The molecule has 1 aliphatic heterocycles. The lowest BCUT2D eigenvalue weighted by atomic mass is 10.1. The van der Waals surface area contributed by atoms with Crippen LogP contribution in [0.1, 0.15) is 29.3 Å². The van der Waals surface area contributed by atoms with Gasteiger partial charge >= 0.3 is 5.97 Å². The van der Waals surface area contributed by atoms with E-state index in [0.717, 1.165) is 4.47 Å². The highest BCUT2D eigenvalue weighted by molar-refractivity contribution is 9.10. The molecule has 1 saturated heterocycles. The number of hydrogen-bond donors (Lipinski definition) is 2. The first kappa shape index (κ1) is 23.0. The van der Waals surface area contributed by atoms with Crippen LogP contribution in [0.5, 0.6) is 0 Å². The summed E-state index contributed by atoms with van der Waals surface area (Å²) in [5.41, 5.74) is 1.37. The summed E-state index contributed by atoms with van der Waals surface area (Å²) >= 11 is 3.34. The van der Waals surface area contributed by atoms with Gasteiger partial charge in [-0.15, -0.1) is 0 Å². The second-order valence-electron chi connectivity index (χ2n) is 7.13. The van der Waals surface area contributed by atoms with E-state index in [0.29, 0.717) is 49.1 Å². The number of ether oxygens (including phenoxy) is 2. The second-order valence-corrected chi connectivity index (χ2v) is 8.04. The molecule has 9 nitrogen and oxygen atoms in total. The highest BCUT2D eigenvalue weighted by Gasteiger charge is 2.24. The van der Waals surface area contributed by atoms with Gasteiger partial charge in [0.15, 0.2) is 6.04 Å². The van der Waals surface area contributed by atoms with Crippen molar-refractivity contribution >= 4 is 33.8 Å². The first-order valence-electron chi connectivity index (χ1n) is 9.94. The van der Waals surface area contributed by atoms with Gasteiger partial charge in [0.2, 0.25) is 11.9 Å². The molecular formula is C21H25BrN4O5. The largest absolute Gasteiger partial charge is 0.467 e. The molecule has 2 N–H and O–H groups in total. The van der Waals surface area contributed by atoms with Crippen molar-refractivity contribution in [2.24, 2.45) is 0 Å². The number of hydrogen-bond acceptors (Lipinski definition) is 7. The molecule has 1 unspecified atom stereocenters. The highest BCUT2D eigenvalue weighted by atomic mass is 79.9. The normalized spacial score (nSPS) is 14.7. The lowest BCUT2D eigenvalue weighted by molar-refractivity contribution is -0.145. The van der Waals surface area contributed by atoms with Gasteiger partial charge in [0.25, 0.3) is 5.56 Å². The van der Waals surface area contributed by atoms with E-state index in [1.165, 1.54) is 7.11 Å². The molecule has 2 aromatic rings. The molecule has 1 amide bonds. The number of rotatable bonds is 7. The Labute approximate surface area is 188 Å². The van der Waals surface area contributed by atoms with Gasteiger partial charge in [-0.1, -0.05) is 28.1 Å². The molecule has 0 saturated carbocycles. The standard InChI is InChI=1S/C21H25BrN4O5/c1-13-16(19(28)25-21(23-13)26-9-11-31-12-10-26)7-8-17(27)24-18(20(29)30-2)14-3-5-15(22)6-4-14/h3-6,18H,7-12H2,1-2H3,(H,24,27)(H,23,25,28). The highest BCUT2D eigenvalue weighted by Crippen LogP contribution is 2.19. The fourth-order valence-corrected chi connectivity index (χ4v) is 3.60. The predicted molar refractivity (Wildman–Crippen MR) is 118 cm³/mol. The average molecular weight is 493 g/mol. The molecule has 10 heteroatoms. The van der Waals surface area contributed by atoms with Crippen LogP contribution in [0.25, 0.3) is 0 Å². The zero-order chi connectivity index (χ0) is 22.4. The fourth-order valence-electron chi connectivity index (χ4n) is 3.34. The van der Waals surface area contributed by atoms with E-state index in [2.05, 4.69) is 31.2 Å². The number of nitrogens with zero attached hydrogens (tertiary/aromatic N) is 2. The van der Waals surface area contributed by atoms with Gasteiger partial charge in [0.1, 0.15) is 0 Å². The first-order valence-corrected chi connectivity index (χ1v) is 10.7. The maximum atomic E-state index is 12.6. The SMILES string of the molecule is COC(=O)C(NC(=O)CCc1c(C)nc(N2CCOCC2)[nH]c1=O)c1ccc(Br)cc1. The van der Waals surface area contributed by atoms with Gasteiger partial charge < -0.3 is 19.7 Å². The Bertz CT molecular complexity index is 986. The van der Waals surface area contributed by atoms with Crippen LogP contribution in [0.4, 0.5) is 5.95 Å². The Morgan fingerprint density at radius 3 is 2.58 bits per heavy atom. The molecule has 0 radical (unpaired) electrons. The molecule has 0 aliphatic carbocycles. The summed E-state index contributed by atoms with van der Waals surface area (Å²) in [4.78, 5) is 46.6. The summed E-state index contributed by atoms with van der Waals surface area (Å²) < 4.78 is 11.0. The van der Waals surface area contributed by atoms with Gasteiger partial charge in [-0.2, -0.15) is 0 Å². The maximum absolute atomic E-state index is 12.6. The number of carbonyl (C=O) groups excluding carboxylic acids is 2.